The smallest absolute Gasteiger partial charge is 0.253 e. The molecule has 1 aromatic rings. The number of piperidine rings is 1. The molecular weight excluding hydrogens is 320 g/mol. The fourth-order valence-corrected chi connectivity index (χ4v) is 3.40. The summed E-state index contributed by atoms with van der Waals surface area (Å²) in [4.78, 5) is 16.7. The zero-order valence-electron chi connectivity index (χ0n) is 15.1. The Morgan fingerprint density at radius 3 is 2.72 bits per heavy atom. The Hall–Kier alpha value is -1.63. The van der Waals surface area contributed by atoms with Crippen LogP contribution in [0.1, 0.15) is 18.4 Å². The topological polar surface area (TPSA) is 51.2 Å². The predicted molar refractivity (Wildman–Crippen MR) is 94.6 cm³/mol. The van der Waals surface area contributed by atoms with Crippen LogP contribution in [0, 0.1) is 0 Å². The van der Waals surface area contributed by atoms with E-state index in [1.165, 1.54) is 0 Å². The van der Waals surface area contributed by atoms with Crippen LogP contribution >= 0.6 is 0 Å². The molecule has 1 atom stereocenters. The second kappa shape index (κ2) is 8.65. The third-order valence-corrected chi connectivity index (χ3v) is 4.97. The van der Waals surface area contributed by atoms with E-state index in [-0.39, 0.29) is 18.1 Å². The van der Waals surface area contributed by atoms with Crippen molar-refractivity contribution in [1.82, 2.24) is 9.80 Å². The minimum atomic E-state index is -0.315. The van der Waals surface area contributed by atoms with E-state index < -0.39 is 0 Å². The maximum atomic E-state index is 12.6. The number of likely N-dealkylation sites (tertiary alicyclic amines) is 1. The number of methoxy groups -OCH3 is 1. The molecule has 2 saturated heterocycles. The standard InChI is InChI=1S/C19H28N2O4/c1-20-11-12-24-18(13-20)19(22)21-9-7-16(8-10-21)25-14-15-5-3-4-6-17(15)23-2/h3-6,16,18H,7-14H2,1-2H3/t18-/m0/s1. The molecule has 2 fully saturated rings. The molecule has 2 aliphatic heterocycles. The highest BCUT2D eigenvalue weighted by Crippen LogP contribution is 2.22. The maximum absolute atomic E-state index is 12.6. The lowest BCUT2D eigenvalue weighted by molar-refractivity contribution is -0.151. The number of nitrogens with zero attached hydrogens (tertiary/aromatic N) is 2. The van der Waals surface area contributed by atoms with Crippen molar-refractivity contribution in [3.05, 3.63) is 29.8 Å². The number of carbonyl (C=O) groups excluding carboxylic acids is 1. The quantitative estimate of drug-likeness (QED) is 0.808. The summed E-state index contributed by atoms with van der Waals surface area (Å²) in [5.74, 6) is 0.975. The number of rotatable bonds is 5. The van der Waals surface area contributed by atoms with Crippen LogP contribution in [0.4, 0.5) is 0 Å². The van der Waals surface area contributed by atoms with Gasteiger partial charge in [-0.2, -0.15) is 0 Å². The largest absolute Gasteiger partial charge is 0.496 e. The molecule has 0 aliphatic carbocycles. The second-order valence-corrected chi connectivity index (χ2v) is 6.77. The van der Waals surface area contributed by atoms with E-state index in [2.05, 4.69) is 4.90 Å². The molecule has 25 heavy (non-hydrogen) atoms. The number of morpholine rings is 1. The lowest BCUT2D eigenvalue weighted by atomic mass is 10.1. The summed E-state index contributed by atoms with van der Waals surface area (Å²) in [7, 11) is 3.70. The second-order valence-electron chi connectivity index (χ2n) is 6.77. The molecule has 0 N–H and O–H groups in total. The average Bonchev–Trinajstić information content (AvgIpc) is 2.66. The summed E-state index contributed by atoms with van der Waals surface area (Å²) in [5, 5.41) is 0. The number of ether oxygens (including phenoxy) is 3. The van der Waals surface area contributed by atoms with Crippen molar-refractivity contribution in [2.24, 2.45) is 0 Å². The highest BCUT2D eigenvalue weighted by Gasteiger charge is 2.31. The van der Waals surface area contributed by atoms with Crippen molar-refractivity contribution in [3.63, 3.8) is 0 Å². The van der Waals surface area contributed by atoms with Gasteiger partial charge in [0.1, 0.15) is 11.9 Å². The monoisotopic (exact) mass is 348 g/mol. The summed E-state index contributed by atoms with van der Waals surface area (Å²) >= 11 is 0. The van der Waals surface area contributed by atoms with Crippen LogP contribution in [0.25, 0.3) is 0 Å². The number of amides is 1. The normalized spacial score (nSPS) is 22.8. The van der Waals surface area contributed by atoms with Gasteiger partial charge in [0.05, 0.1) is 26.4 Å². The van der Waals surface area contributed by atoms with E-state index in [4.69, 9.17) is 14.2 Å². The van der Waals surface area contributed by atoms with Gasteiger partial charge in [0.15, 0.2) is 0 Å². The molecule has 1 amide bonds. The summed E-state index contributed by atoms with van der Waals surface area (Å²) in [6, 6.07) is 7.91. The first-order valence-corrected chi connectivity index (χ1v) is 9.00. The van der Waals surface area contributed by atoms with Gasteiger partial charge < -0.3 is 24.0 Å². The zero-order valence-corrected chi connectivity index (χ0v) is 15.1. The predicted octanol–water partition coefficient (Wildman–Crippen LogP) is 1.53. The highest BCUT2D eigenvalue weighted by molar-refractivity contribution is 5.81. The van der Waals surface area contributed by atoms with Gasteiger partial charge in [-0.15, -0.1) is 0 Å². The van der Waals surface area contributed by atoms with Crippen molar-refractivity contribution >= 4 is 5.91 Å². The lowest BCUT2D eigenvalue weighted by Gasteiger charge is -2.36. The maximum Gasteiger partial charge on any atom is 0.253 e. The number of benzene rings is 1. The Labute approximate surface area is 149 Å². The van der Waals surface area contributed by atoms with E-state index in [1.54, 1.807) is 7.11 Å². The van der Waals surface area contributed by atoms with Crippen LogP contribution in [-0.2, 0) is 20.9 Å². The van der Waals surface area contributed by atoms with E-state index in [0.29, 0.717) is 19.8 Å². The van der Waals surface area contributed by atoms with Crippen LogP contribution in [0.5, 0.6) is 5.75 Å². The van der Waals surface area contributed by atoms with Gasteiger partial charge in [-0.25, -0.2) is 0 Å². The van der Waals surface area contributed by atoms with E-state index in [1.807, 2.05) is 36.2 Å². The molecule has 138 valence electrons. The van der Waals surface area contributed by atoms with Gasteiger partial charge in [0, 0.05) is 31.7 Å². The zero-order chi connectivity index (χ0) is 17.6. The fourth-order valence-electron chi connectivity index (χ4n) is 3.40. The van der Waals surface area contributed by atoms with Crippen LogP contribution in [-0.4, -0.2) is 74.9 Å². The lowest BCUT2D eigenvalue weighted by Crippen LogP contribution is -2.52. The number of likely N-dealkylation sites (N-methyl/N-ethyl adjacent to an activating group) is 1. The van der Waals surface area contributed by atoms with Crippen LogP contribution in [0.3, 0.4) is 0 Å². The highest BCUT2D eigenvalue weighted by atomic mass is 16.5. The molecule has 3 rings (SSSR count). The van der Waals surface area contributed by atoms with Gasteiger partial charge in [-0.1, -0.05) is 18.2 Å². The summed E-state index contributed by atoms with van der Waals surface area (Å²) in [6.45, 7) is 4.22. The molecule has 0 saturated carbocycles. The van der Waals surface area contributed by atoms with Crippen LogP contribution < -0.4 is 4.74 Å². The van der Waals surface area contributed by atoms with Crippen molar-refractivity contribution in [3.8, 4) is 5.75 Å². The molecule has 2 aliphatic rings. The summed E-state index contributed by atoms with van der Waals surface area (Å²) in [6.07, 6.45) is 1.60. The van der Waals surface area contributed by atoms with Gasteiger partial charge in [-0.05, 0) is 26.0 Å². The van der Waals surface area contributed by atoms with Crippen LogP contribution in [0.15, 0.2) is 24.3 Å². The van der Waals surface area contributed by atoms with E-state index in [0.717, 1.165) is 43.8 Å². The van der Waals surface area contributed by atoms with E-state index in [9.17, 15) is 4.79 Å². The summed E-state index contributed by atoms with van der Waals surface area (Å²) < 4.78 is 17.0. The minimum absolute atomic E-state index is 0.120. The number of carbonyl (C=O) groups is 1. The minimum Gasteiger partial charge on any atom is -0.496 e. The summed E-state index contributed by atoms with van der Waals surface area (Å²) in [5.41, 5.74) is 1.06. The van der Waals surface area contributed by atoms with Crippen molar-refractivity contribution in [2.45, 2.75) is 31.7 Å². The first kappa shape index (κ1) is 18.2. The Balaban J connectivity index is 1.44. The average molecular weight is 348 g/mol. The van der Waals surface area contributed by atoms with E-state index >= 15 is 0 Å². The Kier molecular flexibility index (Phi) is 6.29. The van der Waals surface area contributed by atoms with Crippen molar-refractivity contribution in [1.29, 1.82) is 0 Å². The third-order valence-electron chi connectivity index (χ3n) is 4.97. The first-order chi connectivity index (χ1) is 12.2. The number of para-hydroxylation sites is 1. The van der Waals surface area contributed by atoms with Gasteiger partial charge in [0.25, 0.3) is 5.91 Å². The van der Waals surface area contributed by atoms with Gasteiger partial charge in [-0.3, -0.25) is 4.79 Å². The van der Waals surface area contributed by atoms with Gasteiger partial charge in [0.2, 0.25) is 0 Å². The molecule has 6 nitrogen and oxygen atoms in total. The molecule has 0 unspecified atom stereocenters. The Morgan fingerprint density at radius 1 is 1.24 bits per heavy atom. The fraction of sp³-hybridized carbons (Fsp3) is 0.632. The molecule has 2 heterocycles. The number of hydrogen-bond donors (Lipinski definition) is 0. The van der Waals surface area contributed by atoms with Crippen molar-refractivity contribution < 1.29 is 19.0 Å². The molecule has 0 bridgehead atoms. The first-order valence-electron chi connectivity index (χ1n) is 9.00. The SMILES string of the molecule is COc1ccccc1COC1CCN(C(=O)[C@@H]2CN(C)CCO2)CC1. The third kappa shape index (κ3) is 4.71. The van der Waals surface area contributed by atoms with Crippen molar-refractivity contribution in [2.75, 3.05) is 46.9 Å². The molecule has 1 aromatic carbocycles. The molecular formula is C19H28N2O4. The van der Waals surface area contributed by atoms with Crippen LogP contribution in [0.2, 0.25) is 0 Å². The molecule has 0 aromatic heterocycles. The molecule has 0 spiro atoms. The molecule has 6 heteroatoms. The Bertz CT molecular complexity index is 572. The molecule has 0 radical (unpaired) electrons. The van der Waals surface area contributed by atoms with Gasteiger partial charge >= 0.3 is 0 Å². The Morgan fingerprint density at radius 2 is 2.00 bits per heavy atom. The number of hydrogen-bond acceptors (Lipinski definition) is 5.